The van der Waals surface area contributed by atoms with Crippen LogP contribution in [0.3, 0.4) is 0 Å². The van der Waals surface area contributed by atoms with Crippen LogP contribution in [-0.4, -0.2) is 39.6 Å². The molecule has 0 aromatic carbocycles. The maximum absolute atomic E-state index is 12.7. The first-order valence-corrected chi connectivity index (χ1v) is 9.01. The molecule has 0 aliphatic carbocycles. The van der Waals surface area contributed by atoms with Gasteiger partial charge in [-0.05, 0) is 44.0 Å². The van der Waals surface area contributed by atoms with Gasteiger partial charge in [0.25, 0.3) is 5.56 Å². The number of hydrogen-bond acceptors (Lipinski definition) is 4. The normalized spacial score (nSPS) is 11.3. The summed E-state index contributed by atoms with van der Waals surface area (Å²) < 4.78 is 8.75. The third-order valence-electron chi connectivity index (χ3n) is 4.27. The Morgan fingerprint density at radius 2 is 2.08 bits per heavy atom. The van der Waals surface area contributed by atoms with Crippen LogP contribution >= 0.6 is 0 Å². The molecule has 138 valence electrons. The summed E-state index contributed by atoms with van der Waals surface area (Å²) in [7, 11) is 0. The van der Waals surface area contributed by atoms with Gasteiger partial charge in [-0.25, -0.2) is 4.98 Å². The Hall–Kier alpha value is -2.67. The van der Waals surface area contributed by atoms with Gasteiger partial charge in [0.1, 0.15) is 5.52 Å². The molecule has 0 saturated heterocycles. The minimum atomic E-state index is -0.0849. The van der Waals surface area contributed by atoms with E-state index in [4.69, 9.17) is 4.74 Å². The van der Waals surface area contributed by atoms with Crippen molar-refractivity contribution < 1.29 is 9.53 Å². The Balaban J connectivity index is 1.64. The topological polar surface area (TPSA) is 77.6 Å². The van der Waals surface area contributed by atoms with Gasteiger partial charge >= 0.3 is 0 Å². The number of nitrogens with one attached hydrogen (secondary N) is 1. The summed E-state index contributed by atoms with van der Waals surface area (Å²) in [4.78, 5) is 29.0. The van der Waals surface area contributed by atoms with E-state index < -0.39 is 0 Å². The Bertz CT molecular complexity index is 945. The molecule has 3 heterocycles. The predicted octanol–water partition coefficient (Wildman–Crippen LogP) is 1.97. The second-order valence-corrected chi connectivity index (χ2v) is 6.07. The van der Waals surface area contributed by atoms with Crippen LogP contribution in [0, 0.1) is 0 Å². The highest BCUT2D eigenvalue weighted by atomic mass is 16.5. The maximum atomic E-state index is 12.7. The van der Waals surface area contributed by atoms with Crippen LogP contribution in [0.1, 0.15) is 26.2 Å². The number of pyridine rings is 1. The Morgan fingerprint density at radius 1 is 1.23 bits per heavy atom. The van der Waals surface area contributed by atoms with E-state index in [-0.39, 0.29) is 11.5 Å². The number of carbonyl (C=O) groups is 1. The number of ether oxygens (including phenoxy) is 1. The zero-order valence-corrected chi connectivity index (χ0v) is 15.0. The van der Waals surface area contributed by atoms with Gasteiger partial charge < -0.3 is 14.5 Å². The molecular weight excluding hydrogens is 332 g/mol. The fourth-order valence-electron chi connectivity index (χ4n) is 3.02. The molecule has 0 saturated carbocycles. The van der Waals surface area contributed by atoms with E-state index in [1.165, 1.54) is 0 Å². The Morgan fingerprint density at radius 3 is 2.92 bits per heavy atom. The van der Waals surface area contributed by atoms with Crippen molar-refractivity contribution in [1.29, 1.82) is 0 Å². The van der Waals surface area contributed by atoms with Crippen molar-refractivity contribution in [3.8, 4) is 0 Å². The lowest BCUT2D eigenvalue weighted by atomic mass is 10.2. The summed E-state index contributed by atoms with van der Waals surface area (Å²) in [6, 6.07) is 7.45. The van der Waals surface area contributed by atoms with E-state index in [1.54, 1.807) is 16.8 Å². The average Bonchev–Trinajstić information content (AvgIpc) is 3.14. The predicted molar refractivity (Wildman–Crippen MR) is 100 cm³/mol. The van der Waals surface area contributed by atoms with Gasteiger partial charge in [-0.15, -0.1) is 0 Å². The minimum absolute atomic E-state index is 0.00410. The molecule has 26 heavy (non-hydrogen) atoms. The average molecular weight is 356 g/mol. The molecule has 1 N–H and O–H groups in total. The summed E-state index contributed by atoms with van der Waals surface area (Å²) in [5, 5.41) is 2.88. The number of hydrogen-bond donors (Lipinski definition) is 1. The molecule has 1 amide bonds. The van der Waals surface area contributed by atoms with E-state index in [2.05, 4.69) is 10.3 Å². The second kappa shape index (κ2) is 8.62. The van der Waals surface area contributed by atoms with E-state index in [9.17, 15) is 9.59 Å². The third-order valence-corrected chi connectivity index (χ3v) is 4.27. The lowest BCUT2D eigenvalue weighted by Gasteiger charge is -2.11. The largest absolute Gasteiger partial charge is 0.382 e. The van der Waals surface area contributed by atoms with Crippen LogP contribution < -0.4 is 10.9 Å². The number of aryl methyl sites for hydroxylation is 1. The van der Waals surface area contributed by atoms with Crippen LogP contribution in [-0.2, 0) is 16.1 Å². The number of nitrogens with zero attached hydrogens (tertiary/aromatic N) is 3. The van der Waals surface area contributed by atoms with Gasteiger partial charge in [0.2, 0.25) is 5.91 Å². The lowest BCUT2D eigenvalue weighted by Crippen LogP contribution is -2.27. The summed E-state index contributed by atoms with van der Waals surface area (Å²) >= 11 is 0. The number of rotatable bonds is 9. The standard InChI is InChI=1S/C19H24N4O3/c1-2-26-14-6-11-20-17(24)9-5-13-23-18-15(7-3-10-21-18)22-12-4-8-16(22)19(23)25/h3-4,7-8,10,12H,2,5-6,9,11,13-14H2,1H3,(H,20,24). The fourth-order valence-corrected chi connectivity index (χ4v) is 3.02. The molecule has 0 spiro atoms. The summed E-state index contributed by atoms with van der Waals surface area (Å²) in [6.45, 7) is 4.36. The molecule has 0 atom stereocenters. The van der Waals surface area contributed by atoms with E-state index in [0.29, 0.717) is 50.3 Å². The molecule has 3 aromatic heterocycles. The van der Waals surface area contributed by atoms with Crippen LogP contribution in [0.4, 0.5) is 0 Å². The molecule has 0 aliphatic rings. The van der Waals surface area contributed by atoms with Crippen molar-refractivity contribution in [2.75, 3.05) is 19.8 Å². The van der Waals surface area contributed by atoms with Crippen molar-refractivity contribution in [3.05, 3.63) is 47.0 Å². The van der Waals surface area contributed by atoms with Gasteiger partial charge in [-0.3, -0.25) is 14.2 Å². The van der Waals surface area contributed by atoms with Crippen LogP contribution in [0.2, 0.25) is 0 Å². The maximum Gasteiger partial charge on any atom is 0.276 e. The van der Waals surface area contributed by atoms with Gasteiger partial charge in [0, 0.05) is 45.1 Å². The zero-order valence-electron chi connectivity index (χ0n) is 15.0. The van der Waals surface area contributed by atoms with Crippen molar-refractivity contribution >= 4 is 22.6 Å². The molecule has 7 nitrogen and oxygen atoms in total. The number of amides is 1. The second-order valence-electron chi connectivity index (χ2n) is 6.07. The van der Waals surface area contributed by atoms with E-state index in [1.807, 2.05) is 35.7 Å². The number of fused-ring (bicyclic) bond motifs is 3. The smallest absolute Gasteiger partial charge is 0.276 e. The van der Waals surface area contributed by atoms with E-state index >= 15 is 0 Å². The number of carbonyl (C=O) groups excluding carboxylic acids is 1. The molecule has 0 fully saturated rings. The first kappa shape index (κ1) is 18.1. The fraction of sp³-hybridized carbons (Fsp3) is 0.421. The molecule has 0 unspecified atom stereocenters. The first-order chi connectivity index (χ1) is 12.7. The van der Waals surface area contributed by atoms with Crippen molar-refractivity contribution in [2.45, 2.75) is 32.7 Å². The van der Waals surface area contributed by atoms with Gasteiger partial charge in [-0.1, -0.05) is 0 Å². The SMILES string of the molecule is CCOCCCNC(=O)CCCn1c(=O)c2cccn2c2cccnc21. The molecule has 0 aliphatic heterocycles. The highest BCUT2D eigenvalue weighted by Gasteiger charge is 2.11. The van der Waals surface area contributed by atoms with Crippen LogP contribution in [0.5, 0.6) is 0 Å². The van der Waals surface area contributed by atoms with Gasteiger partial charge in [0.05, 0.1) is 5.52 Å². The minimum Gasteiger partial charge on any atom is -0.382 e. The highest BCUT2D eigenvalue weighted by molar-refractivity contribution is 5.76. The first-order valence-electron chi connectivity index (χ1n) is 9.01. The van der Waals surface area contributed by atoms with Crippen molar-refractivity contribution in [2.24, 2.45) is 0 Å². The van der Waals surface area contributed by atoms with E-state index in [0.717, 1.165) is 11.9 Å². The summed E-state index contributed by atoms with van der Waals surface area (Å²) in [5.74, 6) is -0.00410. The quantitative estimate of drug-likeness (QED) is 0.595. The Labute approximate surface area is 151 Å². The van der Waals surface area contributed by atoms with Gasteiger partial charge in [0.15, 0.2) is 5.65 Å². The van der Waals surface area contributed by atoms with Crippen molar-refractivity contribution in [1.82, 2.24) is 19.3 Å². The third kappa shape index (κ3) is 3.94. The molecular formula is C19H24N4O3. The van der Waals surface area contributed by atoms with Crippen molar-refractivity contribution in [3.63, 3.8) is 0 Å². The molecule has 0 radical (unpaired) electrons. The Kier molecular flexibility index (Phi) is 6.01. The van der Waals surface area contributed by atoms with Gasteiger partial charge in [-0.2, -0.15) is 0 Å². The lowest BCUT2D eigenvalue weighted by molar-refractivity contribution is -0.121. The molecule has 0 bridgehead atoms. The summed E-state index contributed by atoms with van der Waals surface area (Å²) in [5.41, 5.74) is 2.05. The molecule has 7 heteroatoms. The number of aromatic nitrogens is 3. The zero-order chi connectivity index (χ0) is 18.4. The molecule has 3 rings (SSSR count). The molecule has 3 aromatic rings. The van der Waals surface area contributed by atoms with Crippen LogP contribution in [0.15, 0.2) is 41.5 Å². The van der Waals surface area contributed by atoms with Crippen LogP contribution in [0.25, 0.3) is 16.7 Å². The summed E-state index contributed by atoms with van der Waals surface area (Å²) in [6.07, 6.45) is 5.30. The monoisotopic (exact) mass is 356 g/mol. The highest BCUT2D eigenvalue weighted by Crippen LogP contribution is 2.13.